The topological polar surface area (TPSA) is 62.0 Å². The van der Waals surface area contributed by atoms with Gasteiger partial charge in [0.1, 0.15) is 0 Å². The molecule has 0 radical (unpaired) electrons. The van der Waals surface area contributed by atoms with Gasteiger partial charge < -0.3 is 15.8 Å². The number of aliphatic hydroxyl groups excluding tert-OH is 1. The van der Waals surface area contributed by atoms with Crippen molar-refractivity contribution >= 4 is 0 Å². The molecule has 0 aliphatic rings. The highest BCUT2D eigenvalue weighted by molar-refractivity contribution is 5.18. The number of nitrogens with two attached hydrogens (primary N) is 1. The molecule has 3 heteroatoms. The highest BCUT2D eigenvalue weighted by Crippen LogP contribution is 2.13. The maximum Gasteiger partial charge on any atom is 0.0449 e. The van der Waals surface area contributed by atoms with E-state index < -0.39 is 0 Å². The molecule has 1 heterocycles. The summed E-state index contributed by atoms with van der Waals surface area (Å²) in [7, 11) is 0. The van der Waals surface area contributed by atoms with Crippen molar-refractivity contribution in [3.8, 4) is 0 Å². The fourth-order valence-corrected chi connectivity index (χ4v) is 1.05. The van der Waals surface area contributed by atoms with Crippen LogP contribution >= 0.6 is 0 Å². The third-order valence-corrected chi connectivity index (χ3v) is 1.72. The largest absolute Gasteiger partial charge is 0.396 e. The number of hydrogen-bond donors (Lipinski definition) is 3. The van der Waals surface area contributed by atoms with Crippen molar-refractivity contribution in [3.63, 3.8) is 0 Å². The Morgan fingerprint density at radius 2 is 2.45 bits per heavy atom. The minimum absolute atomic E-state index is 0.0371. The number of rotatable bonds is 3. The second-order valence-electron chi connectivity index (χ2n) is 2.73. The number of aliphatic hydroxyl groups is 1. The number of aryl methyl sites for hydroxylation is 1. The van der Waals surface area contributed by atoms with Crippen LogP contribution in [0.2, 0.25) is 0 Å². The van der Waals surface area contributed by atoms with Crippen molar-refractivity contribution in [2.24, 2.45) is 5.73 Å². The molecular formula is C8H14N2O. The van der Waals surface area contributed by atoms with Crippen LogP contribution in [-0.4, -0.2) is 16.7 Å². The Morgan fingerprint density at radius 3 is 2.91 bits per heavy atom. The van der Waals surface area contributed by atoms with Gasteiger partial charge in [0, 0.05) is 24.5 Å². The summed E-state index contributed by atoms with van der Waals surface area (Å²) in [6.07, 6.45) is 2.51. The standard InChI is InChI=1S/C8H14N2O/c1-6-4-7(5-10-6)8(9)2-3-11/h4-5,8,10-11H,2-3,9H2,1H3/t8-/m1/s1. The summed E-state index contributed by atoms with van der Waals surface area (Å²) in [5, 5.41) is 8.61. The van der Waals surface area contributed by atoms with Crippen LogP contribution in [0.3, 0.4) is 0 Å². The zero-order valence-electron chi connectivity index (χ0n) is 6.67. The van der Waals surface area contributed by atoms with E-state index in [1.807, 2.05) is 19.2 Å². The summed E-state index contributed by atoms with van der Waals surface area (Å²) in [6.45, 7) is 2.13. The molecule has 0 fully saturated rings. The molecule has 11 heavy (non-hydrogen) atoms. The first-order chi connectivity index (χ1) is 5.24. The zero-order chi connectivity index (χ0) is 8.27. The lowest BCUT2D eigenvalue weighted by Crippen LogP contribution is -2.10. The van der Waals surface area contributed by atoms with E-state index in [2.05, 4.69) is 4.98 Å². The van der Waals surface area contributed by atoms with E-state index in [1.54, 1.807) is 0 Å². The van der Waals surface area contributed by atoms with Crippen molar-refractivity contribution < 1.29 is 5.11 Å². The van der Waals surface area contributed by atoms with Gasteiger partial charge >= 0.3 is 0 Å². The van der Waals surface area contributed by atoms with Gasteiger partial charge in [-0.1, -0.05) is 0 Å². The zero-order valence-corrected chi connectivity index (χ0v) is 6.67. The highest BCUT2D eigenvalue weighted by atomic mass is 16.3. The van der Waals surface area contributed by atoms with E-state index in [4.69, 9.17) is 10.8 Å². The van der Waals surface area contributed by atoms with Crippen LogP contribution in [0.5, 0.6) is 0 Å². The summed E-state index contributed by atoms with van der Waals surface area (Å²) in [4.78, 5) is 3.05. The Labute approximate surface area is 66.2 Å². The molecule has 0 bridgehead atoms. The van der Waals surface area contributed by atoms with E-state index in [1.165, 1.54) is 0 Å². The molecule has 0 saturated carbocycles. The second-order valence-corrected chi connectivity index (χ2v) is 2.73. The molecule has 0 aliphatic carbocycles. The second kappa shape index (κ2) is 3.55. The molecule has 3 nitrogen and oxygen atoms in total. The van der Waals surface area contributed by atoms with Gasteiger partial charge in [-0.05, 0) is 25.0 Å². The van der Waals surface area contributed by atoms with Gasteiger partial charge in [0.25, 0.3) is 0 Å². The number of hydrogen-bond acceptors (Lipinski definition) is 2. The summed E-state index contributed by atoms with van der Waals surface area (Å²) >= 11 is 0. The van der Waals surface area contributed by atoms with E-state index in [0.717, 1.165) is 11.3 Å². The molecular weight excluding hydrogens is 140 g/mol. The van der Waals surface area contributed by atoms with Crippen LogP contribution in [0.1, 0.15) is 23.7 Å². The minimum Gasteiger partial charge on any atom is -0.396 e. The first-order valence-corrected chi connectivity index (χ1v) is 3.75. The Hall–Kier alpha value is -0.800. The first-order valence-electron chi connectivity index (χ1n) is 3.75. The lowest BCUT2D eigenvalue weighted by Gasteiger charge is -2.05. The highest BCUT2D eigenvalue weighted by Gasteiger charge is 2.05. The van der Waals surface area contributed by atoms with Crippen molar-refractivity contribution in [1.29, 1.82) is 0 Å². The van der Waals surface area contributed by atoms with Gasteiger partial charge in [0.05, 0.1) is 0 Å². The van der Waals surface area contributed by atoms with Gasteiger partial charge in [0.15, 0.2) is 0 Å². The predicted molar refractivity (Wildman–Crippen MR) is 44.2 cm³/mol. The van der Waals surface area contributed by atoms with Gasteiger partial charge in [-0.3, -0.25) is 0 Å². The van der Waals surface area contributed by atoms with E-state index in [-0.39, 0.29) is 12.6 Å². The average molecular weight is 154 g/mol. The van der Waals surface area contributed by atoms with E-state index in [0.29, 0.717) is 6.42 Å². The van der Waals surface area contributed by atoms with Crippen molar-refractivity contribution in [2.45, 2.75) is 19.4 Å². The smallest absolute Gasteiger partial charge is 0.0449 e. The predicted octanol–water partition coefficient (Wildman–Crippen LogP) is 0.705. The summed E-state index contributed by atoms with van der Waals surface area (Å²) in [5.74, 6) is 0. The van der Waals surface area contributed by atoms with Crippen molar-refractivity contribution in [1.82, 2.24) is 4.98 Å². The normalized spacial score (nSPS) is 13.4. The summed E-state index contributed by atoms with van der Waals surface area (Å²) in [5.41, 5.74) is 7.91. The maximum atomic E-state index is 8.61. The van der Waals surface area contributed by atoms with Crippen molar-refractivity contribution in [3.05, 3.63) is 23.5 Å². The van der Waals surface area contributed by atoms with Gasteiger partial charge in [-0.2, -0.15) is 0 Å². The fourth-order valence-electron chi connectivity index (χ4n) is 1.05. The minimum atomic E-state index is -0.0371. The Bertz CT molecular complexity index is 220. The Kier molecular flexibility index (Phi) is 2.68. The van der Waals surface area contributed by atoms with Crippen molar-refractivity contribution in [2.75, 3.05) is 6.61 Å². The van der Waals surface area contributed by atoms with E-state index >= 15 is 0 Å². The monoisotopic (exact) mass is 154 g/mol. The quantitative estimate of drug-likeness (QED) is 0.600. The molecule has 1 rings (SSSR count). The molecule has 0 spiro atoms. The third-order valence-electron chi connectivity index (χ3n) is 1.72. The molecule has 0 saturated heterocycles. The molecule has 1 aromatic rings. The molecule has 4 N–H and O–H groups in total. The van der Waals surface area contributed by atoms with E-state index in [9.17, 15) is 0 Å². The Balaban J connectivity index is 2.60. The van der Waals surface area contributed by atoms with Crippen LogP contribution < -0.4 is 5.73 Å². The van der Waals surface area contributed by atoms with Gasteiger partial charge in [-0.25, -0.2) is 0 Å². The lowest BCUT2D eigenvalue weighted by molar-refractivity contribution is 0.276. The molecule has 0 aliphatic heterocycles. The van der Waals surface area contributed by atoms with Crippen LogP contribution in [0.25, 0.3) is 0 Å². The van der Waals surface area contributed by atoms with Gasteiger partial charge in [0.2, 0.25) is 0 Å². The number of H-pyrrole nitrogens is 1. The fraction of sp³-hybridized carbons (Fsp3) is 0.500. The van der Waals surface area contributed by atoms with Crippen LogP contribution in [0.4, 0.5) is 0 Å². The summed E-state index contributed by atoms with van der Waals surface area (Å²) in [6, 6.07) is 1.96. The van der Waals surface area contributed by atoms with Crippen LogP contribution in [0.15, 0.2) is 12.3 Å². The van der Waals surface area contributed by atoms with Crippen LogP contribution in [0, 0.1) is 6.92 Å². The van der Waals surface area contributed by atoms with Gasteiger partial charge in [-0.15, -0.1) is 0 Å². The average Bonchev–Trinajstić information content (AvgIpc) is 2.36. The third kappa shape index (κ3) is 2.06. The van der Waals surface area contributed by atoms with Crippen LogP contribution in [-0.2, 0) is 0 Å². The molecule has 1 aromatic heterocycles. The summed E-state index contributed by atoms with van der Waals surface area (Å²) < 4.78 is 0. The molecule has 62 valence electrons. The maximum absolute atomic E-state index is 8.61. The molecule has 1 atom stereocenters. The first kappa shape index (κ1) is 8.30. The number of aromatic nitrogens is 1. The number of nitrogens with one attached hydrogen (secondary N) is 1. The Morgan fingerprint density at radius 1 is 1.73 bits per heavy atom. The lowest BCUT2D eigenvalue weighted by atomic mass is 10.1. The molecule has 0 unspecified atom stereocenters. The molecule has 0 aromatic carbocycles. The number of aromatic amines is 1. The SMILES string of the molecule is Cc1cc([C@H](N)CCO)c[nH]1. The molecule has 0 amide bonds.